The Kier molecular flexibility index (Phi) is 3.91. The van der Waals surface area contributed by atoms with E-state index in [1.807, 2.05) is 49.4 Å². The minimum Gasteiger partial charge on any atom is -0.378 e. The van der Waals surface area contributed by atoms with Crippen LogP contribution in [0.15, 0.2) is 54.6 Å². The molecule has 4 nitrogen and oxygen atoms in total. The first-order valence-corrected chi connectivity index (χ1v) is 7.28. The molecular weight excluding hydrogens is 284 g/mol. The van der Waals surface area contributed by atoms with Gasteiger partial charge in [0.2, 0.25) is 0 Å². The lowest BCUT2D eigenvalue weighted by atomic mass is 10.0. The van der Waals surface area contributed by atoms with E-state index in [2.05, 4.69) is 22.4 Å². The average Bonchev–Trinajstić information content (AvgIpc) is 2.61. The molecule has 0 spiro atoms. The van der Waals surface area contributed by atoms with Gasteiger partial charge in [-0.3, -0.25) is 0 Å². The number of nitrogens with zero attached hydrogens (tertiary/aromatic N) is 3. The van der Waals surface area contributed by atoms with E-state index in [1.54, 1.807) is 12.1 Å². The highest BCUT2D eigenvalue weighted by molar-refractivity contribution is 5.91. The van der Waals surface area contributed by atoms with Gasteiger partial charge in [-0.25, -0.2) is 4.98 Å². The second-order valence-electron chi connectivity index (χ2n) is 5.29. The van der Waals surface area contributed by atoms with Gasteiger partial charge in [-0.1, -0.05) is 30.3 Å². The van der Waals surface area contributed by atoms with Crippen molar-refractivity contribution < 1.29 is 0 Å². The maximum absolute atomic E-state index is 9.16. The summed E-state index contributed by atoms with van der Waals surface area (Å²) in [5.74, 6) is 0. The second kappa shape index (κ2) is 6.17. The number of benzene rings is 2. The average molecular weight is 298 g/mol. The zero-order chi connectivity index (χ0) is 16.2. The Morgan fingerprint density at radius 3 is 2.61 bits per heavy atom. The molecule has 0 bridgehead atoms. The summed E-state index contributed by atoms with van der Waals surface area (Å²) >= 11 is 0. The van der Waals surface area contributed by atoms with Crippen LogP contribution in [0.2, 0.25) is 0 Å². The summed E-state index contributed by atoms with van der Waals surface area (Å²) in [7, 11) is 0. The Morgan fingerprint density at radius 1 is 1.00 bits per heavy atom. The lowest BCUT2D eigenvalue weighted by molar-refractivity contribution is 0.885. The van der Waals surface area contributed by atoms with Crippen LogP contribution in [0, 0.1) is 22.7 Å². The molecule has 0 fully saturated rings. The molecule has 0 amide bonds. The molecule has 1 heterocycles. The molecule has 4 heteroatoms. The van der Waals surface area contributed by atoms with Crippen molar-refractivity contribution in [1.29, 1.82) is 10.5 Å². The maximum atomic E-state index is 9.16. The first-order valence-electron chi connectivity index (χ1n) is 7.28. The Bertz CT molecular complexity index is 947. The van der Waals surface area contributed by atoms with E-state index in [0.29, 0.717) is 11.3 Å². The van der Waals surface area contributed by atoms with Crippen molar-refractivity contribution in [2.45, 2.75) is 13.0 Å². The van der Waals surface area contributed by atoms with E-state index in [0.717, 1.165) is 22.2 Å². The summed E-state index contributed by atoms with van der Waals surface area (Å²) in [4.78, 5) is 4.32. The number of pyridine rings is 1. The first-order chi connectivity index (χ1) is 11.2. The Labute approximate surface area is 134 Å². The first kappa shape index (κ1) is 14.6. The molecule has 0 aliphatic heterocycles. The summed E-state index contributed by atoms with van der Waals surface area (Å²) in [6.45, 7) is 2.03. The van der Waals surface area contributed by atoms with E-state index in [-0.39, 0.29) is 6.04 Å². The fourth-order valence-electron chi connectivity index (χ4n) is 2.55. The summed E-state index contributed by atoms with van der Waals surface area (Å²) in [6.07, 6.45) is 0. The van der Waals surface area contributed by atoms with Gasteiger partial charge in [0.1, 0.15) is 11.8 Å². The third-order valence-electron chi connectivity index (χ3n) is 3.72. The fraction of sp³-hybridized carbons (Fsp3) is 0.105. The minimum atomic E-state index is 0.000601. The number of hydrogen-bond donors (Lipinski definition) is 1. The Balaban J connectivity index is 2.00. The van der Waals surface area contributed by atoms with Crippen LogP contribution in [0.4, 0.5) is 5.69 Å². The Morgan fingerprint density at radius 2 is 1.83 bits per heavy atom. The summed E-state index contributed by atoms with van der Waals surface area (Å²) in [5.41, 5.74) is 3.68. The molecule has 23 heavy (non-hydrogen) atoms. The summed E-state index contributed by atoms with van der Waals surface area (Å²) in [5, 5.41) is 22.6. The van der Waals surface area contributed by atoms with Crippen LogP contribution in [0.1, 0.15) is 29.8 Å². The van der Waals surface area contributed by atoms with Gasteiger partial charge in [0.15, 0.2) is 0 Å². The molecule has 1 unspecified atom stereocenters. The zero-order valence-electron chi connectivity index (χ0n) is 12.6. The van der Waals surface area contributed by atoms with Gasteiger partial charge in [0.25, 0.3) is 0 Å². The van der Waals surface area contributed by atoms with Crippen LogP contribution in [-0.2, 0) is 0 Å². The van der Waals surface area contributed by atoms with Crippen LogP contribution < -0.4 is 5.32 Å². The van der Waals surface area contributed by atoms with Crippen LogP contribution >= 0.6 is 0 Å². The van der Waals surface area contributed by atoms with Crippen molar-refractivity contribution in [1.82, 2.24) is 4.98 Å². The van der Waals surface area contributed by atoms with Crippen molar-refractivity contribution in [2.75, 3.05) is 5.32 Å². The molecule has 1 N–H and O–H groups in total. The molecule has 1 aromatic heterocycles. The highest BCUT2D eigenvalue weighted by Crippen LogP contribution is 2.27. The quantitative estimate of drug-likeness (QED) is 0.788. The molecule has 0 aliphatic rings. The summed E-state index contributed by atoms with van der Waals surface area (Å²) in [6, 6.07) is 21.2. The normalized spacial score (nSPS) is 11.4. The van der Waals surface area contributed by atoms with Crippen LogP contribution in [0.3, 0.4) is 0 Å². The predicted octanol–water partition coefficient (Wildman–Crippen LogP) is 4.15. The number of fused-ring (bicyclic) bond motifs is 1. The standard InChI is InChI=1S/C19H14N4/c1-13(15-6-4-5-14(9-15)11-20)22-19-10-16(12-21)23-18-8-3-2-7-17(18)19/h2-10,13H,1H3,(H,22,23). The molecule has 1 atom stereocenters. The smallest absolute Gasteiger partial charge is 0.143 e. The second-order valence-corrected chi connectivity index (χ2v) is 5.29. The van der Waals surface area contributed by atoms with E-state index < -0.39 is 0 Å². The van der Waals surface area contributed by atoms with Gasteiger partial charge in [-0.15, -0.1) is 0 Å². The highest BCUT2D eigenvalue weighted by atomic mass is 14.9. The van der Waals surface area contributed by atoms with Gasteiger partial charge in [0, 0.05) is 17.1 Å². The number of para-hydroxylation sites is 1. The molecule has 110 valence electrons. The predicted molar refractivity (Wildman–Crippen MR) is 89.7 cm³/mol. The van der Waals surface area contributed by atoms with Crippen molar-refractivity contribution in [2.24, 2.45) is 0 Å². The third kappa shape index (κ3) is 2.97. The van der Waals surface area contributed by atoms with Crippen molar-refractivity contribution >= 4 is 16.6 Å². The maximum Gasteiger partial charge on any atom is 0.143 e. The Hall–Kier alpha value is -3.37. The number of rotatable bonds is 3. The molecule has 3 aromatic rings. The van der Waals surface area contributed by atoms with E-state index in [9.17, 15) is 0 Å². The van der Waals surface area contributed by atoms with Gasteiger partial charge in [0.05, 0.1) is 17.1 Å². The van der Waals surface area contributed by atoms with Crippen LogP contribution in [-0.4, -0.2) is 4.98 Å². The van der Waals surface area contributed by atoms with Crippen LogP contribution in [0.25, 0.3) is 10.9 Å². The van der Waals surface area contributed by atoms with E-state index in [4.69, 9.17) is 10.5 Å². The van der Waals surface area contributed by atoms with Gasteiger partial charge < -0.3 is 5.32 Å². The highest BCUT2D eigenvalue weighted by Gasteiger charge is 2.10. The number of aromatic nitrogens is 1. The van der Waals surface area contributed by atoms with Crippen molar-refractivity contribution in [3.05, 3.63) is 71.4 Å². The molecule has 0 saturated heterocycles. The monoisotopic (exact) mass is 298 g/mol. The van der Waals surface area contributed by atoms with Gasteiger partial charge in [-0.05, 0) is 36.8 Å². The molecule has 0 aliphatic carbocycles. The third-order valence-corrected chi connectivity index (χ3v) is 3.72. The van der Waals surface area contributed by atoms with Gasteiger partial charge in [-0.2, -0.15) is 10.5 Å². The number of hydrogen-bond acceptors (Lipinski definition) is 4. The number of nitriles is 2. The number of nitrogens with one attached hydrogen (secondary N) is 1. The topological polar surface area (TPSA) is 72.5 Å². The van der Waals surface area contributed by atoms with Gasteiger partial charge >= 0.3 is 0 Å². The summed E-state index contributed by atoms with van der Waals surface area (Å²) < 4.78 is 0. The minimum absolute atomic E-state index is 0.000601. The van der Waals surface area contributed by atoms with E-state index >= 15 is 0 Å². The SMILES string of the molecule is CC(Nc1cc(C#N)nc2ccccc12)c1cccc(C#N)c1. The lowest BCUT2D eigenvalue weighted by Crippen LogP contribution is -2.08. The molecule has 2 aromatic carbocycles. The molecular formula is C19H14N4. The molecule has 0 radical (unpaired) electrons. The van der Waals surface area contributed by atoms with E-state index in [1.165, 1.54) is 0 Å². The molecule has 0 saturated carbocycles. The zero-order valence-corrected chi connectivity index (χ0v) is 12.6. The number of anilines is 1. The largest absolute Gasteiger partial charge is 0.378 e. The lowest BCUT2D eigenvalue weighted by Gasteiger charge is -2.17. The molecule has 3 rings (SSSR count). The fourth-order valence-corrected chi connectivity index (χ4v) is 2.55. The van der Waals surface area contributed by atoms with Crippen LogP contribution in [0.5, 0.6) is 0 Å². The van der Waals surface area contributed by atoms with Crippen molar-refractivity contribution in [3.8, 4) is 12.1 Å². The van der Waals surface area contributed by atoms with Crippen molar-refractivity contribution in [3.63, 3.8) is 0 Å².